The molecule has 0 radical (unpaired) electrons. The van der Waals surface area contributed by atoms with E-state index >= 15 is 0 Å². The number of halogens is 6. The van der Waals surface area contributed by atoms with Gasteiger partial charge in [-0.25, -0.2) is 4.39 Å². The molecule has 1 aliphatic heterocycles. The topological polar surface area (TPSA) is 27.7 Å². The van der Waals surface area contributed by atoms with Crippen LogP contribution < -0.4 is 4.74 Å². The standard InChI is InChI=1S/C16H17BF6O3S/c1-14(2)15(3,4)26-17(25-14)12(18)7-9-5-10(24-16(21,22)23)8-11(6-9)27-13(19)20/h5-8,13H,1-4H3. The van der Waals surface area contributed by atoms with Crippen molar-refractivity contribution in [2.45, 2.75) is 55.9 Å². The van der Waals surface area contributed by atoms with Crippen molar-refractivity contribution in [2.24, 2.45) is 0 Å². The quantitative estimate of drug-likeness (QED) is 0.344. The Bertz CT molecular complexity index is 705. The summed E-state index contributed by atoms with van der Waals surface area (Å²) in [7, 11) is -1.37. The van der Waals surface area contributed by atoms with Gasteiger partial charge in [-0.1, -0.05) is 11.8 Å². The molecule has 0 aromatic heterocycles. The molecule has 0 atom stereocenters. The number of alkyl halides is 5. The second kappa shape index (κ2) is 7.59. The van der Waals surface area contributed by atoms with E-state index in [0.717, 1.165) is 24.3 Å². The molecule has 1 fully saturated rings. The summed E-state index contributed by atoms with van der Waals surface area (Å²) in [5, 5.41) is 0. The van der Waals surface area contributed by atoms with Crippen LogP contribution in [-0.4, -0.2) is 30.4 Å². The van der Waals surface area contributed by atoms with E-state index in [1.54, 1.807) is 27.7 Å². The van der Waals surface area contributed by atoms with Crippen LogP contribution in [0, 0.1) is 0 Å². The van der Waals surface area contributed by atoms with Gasteiger partial charge in [-0.3, -0.25) is 0 Å². The third kappa shape index (κ3) is 5.82. The van der Waals surface area contributed by atoms with Crippen molar-refractivity contribution in [3.63, 3.8) is 0 Å². The lowest BCUT2D eigenvalue weighted by Crippen LogP contribution is -2.41. The Kier molecular flexibility index (Phi) is 6.18. The molecule has 1 heterocycles. The lowest BCUT2D eigenvalue weighted by molar-refractivity contribution is -0.274. The Morgan fingerprint density at radius 2 is 1.67 bits per heavy atom. The van der Waals surface area contributed by atoms with Crippen LogP contribution >= 0.6 is 11.8 Å². The van der Waals surface area contributed by atoms with Gasteiger partial charge < -0.3 is 14.0 Å². The Labute approximate surface area is 157 Å². The van der Waals surface area contributed by atoms with Crippen molar-refractivity contribution in [1.82, 2.24) is 0 Å². The van der Waals surface area contributed by atoms with Crippen LogP contribution in [0.25, 0.3) is 6.08 Å². The molecule has 0 saturated carbocycles. The molecule has 3 nitrogen and oxygen atoms in total. The van der Waals surface area contributed by atoms with Crippen LogP contribution in [0.5, 0.6) is 5.75 Å². The molecule has 0 spiro atoms. The highest BCUT2D eigenvalue weighted by molar-refractivity contribution is 7.99. The van der Waals surface area contributed by atoms with Crippen molar-refractivity contribution < 1.29 is 40.4 Å². The minimum Gasteiger partial charge on any atom is -0.406 e. The van der Waals surface area contributed by atoms with E-state index < -0.39 is 41.9 Å². The monoisotopic (exact) mass is 414 g/mol. The van der Waals surface area contributed by atoms with E-state index in [1.165, 1.54) is 0 Å². The predicted octanol–water partition coefficient (Wildman–Crippen LogP) is 5.84. The van der Waals surface area contributed by atoms with Crippen molar-refractivity contribution in [3.8, 4) is 5.75 Å². The summed E-state index contributed by atoms with van der Waals surface area (Å²) in [6, 6.07) is 2.80. The van der Waals surface area contributed by atoms with Gasteiger partial charge in [-0.15, -0.1) is 13.2 Å². The zero-order chi connectivity index (χ0) is 20.6. The SMILES string of the molecule is CC1(C)OB(C(F)=Cc2cc(OC(F)(F)F)cc(SC(F)F)c2)OC1(C)C. The average Bonchev–Trinajstić information content (AvgIpc) is 2.64. The molecule has 0 amide bonds. The molecule has 1 saturated heterocycles. The molecule has 2 rings (SSSR count). The van der Waals surface area contributed by atoms with Crippen LogP contribution in [0.3, 0.4) is 0 Å². The van der Waals surface area contributed by atoms with Crippen molar-refractivity contribution in [3.05, 3.63) is 29.5 Å². The normalized spacial score (nSPS) is 19.7. The van der Waals surface area contributed by atoms with Gasteiger partial charge in [0.1, 0.15) is 11.5 Å². The number of benzene rings is 1. The highest BCUT2D eigenvalue weighted by atomic mass is 32.2. The second-order valence-electron chi connectivity index (χ2n) is 6.78. The molecule has 11 heteroatoms. The molecular weight excluding hydrogens is 397 g/mol. The molecule has 1 aromatic rings. The average molecular weight is 414 g/mol. The maximum absolute atomic E-state index is 14.5. The minimum absolute atomic E-state index is 0.0167. The van der Waals surface area contributed by atoms with Gasteiger partial charge in [0.15, 0.2) is 0 Å². The maximum atomic E-state index is 14.5. The van der Waals surface area contributed by atoms with E-state index in [1.807, 2.05) is 0 Å². The van der Waals surface area contributed by atoms with E-state index in [9.17, 15) is 26.3 Å². The van der Waals surface area contributed by atoms with E-state index in [4.69, 9.17) is 9.31 Å². The van der Waals surface area contributed by atoms with Gasteiger partial charge in [0, 0.05) is 4.90 Å². The molecule has 1 aromatic carbocycles. The van der Waals surface area contributed by atoms with E-state index in [0.29, 0.717) is 0 Å². The Hall–Kier alpha value is -1.33. The number of hydrogen-bond acceptors (Lipinski definition) is 4. The first-order valence-electron chi connectivity index (χ1n) is 7.77. The van der Waals surface area contributed by atoms with E-state index in [2.05, 4.69) is 4.74 Å². The fourth-order valence-electron chi connectivity index (χ4n) is 2.22. The molecule has 0 aliphatic carbocycles. The van der Waals surface area contributed by atoms with Gasteiger partial charge >= 0.3 is 13.5 Å². The fourth-order valence-corrected chi connectivity index (χ4v) is 2.82. The first kappa shape index (κ1) is 22.0. The summed E-state index contributed by atoms with van der Waals surface area (Å²) >= 11 is 0.0167. The lowest BCUT2D eigenvalue weighted by Gasteiger charge is -2.32. The van der Waals surface area contributed by atoms with Gasteiger partial charge in [0.05, 0.1) is 11.2 Å². The number of ether oxygens (including phenoxy) is 1. The minimum atomic E-state index is -5.01. The number of rotatable bonds is 5. The summed E-state index contributed by atoms with van der Waals surface area (Å²) in [5.41, 5.74) is -2.65. The number of hydrogen-bond donors (Lipinski definition) is 0. The Morgan fingerprint density at radius 3 is 2.15 bits per heavy atom. The molecular formula is C16H17BF6O3S. The smallest absolute Gasteiger partial charge is 0.406 e. The zero-order valence-electron chi connectivity index (χ0n) is 14.9. The van der Waals surface area contributed by atoms with Crippen molar-refractivity contribution >= 4 is 25.0 Å². The second-order valence-corrected chi connectivity index (χ2v) is 7.84. The molecule has 1 aliphatic rings. The van der Waals surface area contributed by atoms with Crippen LogP contribution in [0.2, 0.25) is 0 Å². The van der Waals surface area contributed by atoms with Gasteiger partial charge in [0.25, 0.3) is 5.76 Å². The van der Waals surface area contributed by atoms with E-state index in [-0.39, 0.29) is 22.2 Å². The summed E-state index contributed by atoms with van der Waals surface area (Å²) in [5.74, 6) is -3.60. The largest absolute Gasteiger partial charge is 0.573 e. The highest BCUT2D eigenvalue weighted by Crippen LogP contribution is 2.39. The molecule has 0 bridgehead atoms. The van der Waals surface area contributed by atoms with Crippen molar-refractivity contribution in [2.75, 3.05) is 0 Å². The summed E-state index contributed by atoms with van der Waals surface area (Å²) in [6.45, 7) is 6.82. The van der Waals surface area contributed by atoms with Crippen molar-refractivity contribution in [1.29, 1.82) is 0 Å². The van der Waals surface area contributed by atoms with Crippen LogP contribution in [0.4, 0.5) is 26.3 Å². The predicted molar refractivity (Wildman–Crippen MR) is 90.2 cm³/mol. The first-order valence-corrected chi connectivity index (χ1v) is 8.65. The third-order valence-corrected chi connectivity index (χ3v) is 4.83. The Morgan fingerprint density at radius 1 is 1.11 bits per heavy atom. The van der Waals surface area contributed by atoms with Gasteiger partial charge in [-0.2, -0.15) is 8.78 Å². The molecule has 0 N–H and O–H groups in total. The summed E-state index contributed by atoms with van der Waals surface area (Å²) in [6.07, 6.45) is -4.15. The summed E-state index contributed by atoms with van der Waals surface area (Å²) < 4.78 is 91.8. The fraction of sp³-hybridized carbons (Fsp3) is 0.500. The Balaban J connectivity index is 2.33. The maximum Gasteiger partial charge on any atom is 0.573 e. The van der Waals surface area contributed by atoms with Gasteiger partial charge in [-0.05, 0) is 57.5 Å². The summed E-state index contributed by atoms with van der Waals surface area (Å²) in [4.78, 5) is -0.209. The third-order valence-electron chi connectivity index (χ3n) is 4.14. The van der Waals surface area contributed by atoms with Crippen LogP contribution in [0.15, 0.2) is 28.8 Å². The first-order chi connectivity index (χ1) is 12.2. The van der Waals surface area contributed by atoms with Gasteiger partial charge in [0.2, 0.25) is 0 Å². The molecule has 150 valence electrons. The zero-order valence-corrected chi connectivity index (χ0v) is 15.7. The van der Waals surface area contributed by atoms with Crippen LogP contribution in [0.1, 0.15) is 33.3 Å². The highest BCUT2D eigenvalue weighted by Gasteiger charge is 2.53. The van der Waals surface area contributed by atoms with Crippen LogP contribution in [-0.2, 0) is 9.31 Å². The number of thioether (sulfide) groups is 1. The molecule has 0 unspecified atom stereocenters. The molecule has 27 heavy (non-hydrogen) atoms. The lowest BCUT2D eigenvalue weighted by atomic mass is 9.87.